The van der Waals surface area contributed by atoms with Crippen molar-refractivity contribution in [2.45, 2.75) is 76.7 Å². The molecule has 0 fully saturated rings. The van der Waals surface area contributed by atoms with Gasteiger partial charge in [0, 0.05) is 46.3 Å². The van der Waals surface area contributed by atoms with Crippen molar-refractivity contribution in [2.75, 3.05) is 18.0 Å². The van der Waals surface area contributed by atoms with E-state index in [0.29, 0.717) is 13.1 Å². The minimum absolute atomic E-state index is 0.0333. The highest BCUT2D eigenvalue weighted by Crippen LogP contribution is 2.50. The first-order chi connectivity index (χ1) is 24.4. The lowest BCUT2D eigenvalue weighted by Crippen LogP contribution is -2.41. The van der Waals surface area contributed by atoms with Crippen molar-refractivity contribution in [2.24, 2.45) is 5.92 Å². The molecule has 0 aromatic heterocycles. The first-order valence-electron chi connectivity index (χ1n) is 18.0. The van der Waals surface area contributed by atoms with Crippen LogP contribution in [0.25, 0.3) is 21.5 Å². The van der Waals surface area contributed by atoms with E-state index in [4.69, 9.17) is 11.6 Å². The van der Waals surface area contributed by atoms with Gasteiger partial charge < -0.3 is 15.1 Å². The van der Waals surface area contributed by atoms with Gasteiger partial charge in [0.15, 0.2) is 12.3 Å². The molecule has 1 aliphatic carbocycles. The summed E-state index contributed by atoms with van der Waals surface area (Å²) < 4.78 is 2.18. The molecule has 0 bridgehead atoms. The molecule has 51 heavy (non-hydrogen) atoms. The lowest BCUT2D eigenvalue weighted by molar-refractivity contribution is -0.436. The van der Waals surface area contributed by atoms with Crippen LogP contribution >= 0.6 is 11.6 Å². The fourth-order valence-electron chi connectivity index (χ4n) is 8.93. The molecule has 0 saturated heterocycles. The molecule has 0 spiro atoms. The van der Waals surface area contributed by atoms with Gasteiger partial charge in [-0.2, -0.15) is 4.58 Å². The zero-order chi connectivity index (χ0) is 36.1. The number of anilines is 1. The minimum Gasteiger partial charge on any atom is -0.481 e. The minimum atomic E-state index is -0.818. The molecule has 7 rings (SSSR count). The molecule has 0 radical (unpaired) electrons. The number of aliphatic carboxylic acids is 2. The number of carboxylic acid groups (broad SMARTS) is 2. The number of halogens is 1. The van der Waals surface area contributed by atoms with Crippen LogP contribution in [0.4, 0.5) is 11.4 Å². The third-order valence-electron chi connectivity index (χ3n) is 11.4. The van der Waals surface area contributed by atoms with E-state index in [2.05, 4.69) is 128 Å². The van der Waals surface area contributed by atoms with Gasteiger partial charge in [0.25, 0.3) is 0 Å². The van der Waals surface area contributed by atoms with E-state index in [9.17, 15) is 19.8 Å². The molecule has 4 aromatic carbocycles. The summed E-state index contributed by atoms with van der Waals surface area (Å²) >= 11 is 7.26. The van der Waals surface area contributed by atoms with Crippen molar-refractivity contribution >= 4 is 62.2 Å². The smallest absolute Gasteiger partial charge is 0.309 e. The zero-order valence-corrected chi connectivity index (χ0v) is 30.6. The second kappa shape index (κ2) is 13.5. The third-order valence-corrected chi connectivity index (χ3v) is 11.9. The average molecular weight is 702 g/mol. The van der Waals surface area contributed by atoms with Gasteiger partial charge in [0.05, 0.1) is 17.9 Å². The average Bonchev–Trinajstić information content (AvgIpc) is 3.46. The van der Waals surface area contributed by atoms with E-state index < -0.39 is 11.9 Å². The number of allylic oxidation sites excluding steroid dienone is 5. The molecule has 2 atom stereocenters. The van der Waals surface area contributed by atoms with Crippen LogP contribution in [-0.2, 0) is 20.4 Å². The van der Waals surface area contributed by atoms with Crippen LogP contribution in [0.2, 0.25) is 0 Å². The van der Waals surface area contributed by atoms with Crippen molar-refractivity contribution < 1.29 is 24.4 Å². The fraction of sp³-hybridized carbons (Fsp3) is 0.341. The molecule has 2 N–H and O–H groups in total. The maximum atomic E-state index is 11.7. The number of carbonyl (C=O) groups is 2. The Balaban J connectivity index is 1.22. The normalized spacial score (nSPS) is 21.0. The van der Waals surface area contributed by atoms with Crippen LogP contribution in [0.15, 0.2) is 108 Å². The molecule has 6 nitrogen and oxygen atoms in total. The first-order valence-corrected chi connectivity index (χ1v) is 18.4. The van der Waals surface area contributed by atoms with Gasteiger partial charge in [0.2, 0.25) is 5.69 Å². The second-order valence-corrected chi connectivity index (χ2v) is 15.7. The van der Waals surface area contributed by atoms with E-state index in [1.165, 1.54) is 32.7 Å². The molecular weight excluding hydrogens is 656 g/mol. The van der Waals surface area contributed by atoms with Gasteiger partial charge in [-0.15, -0.1) is 0 Å². The topological polar surface area (TPSA) is 80.9 Å². The highest BCUT2D eigenvalue weighted by atomic mass is 35.5. The quantitative estimate of drug-likeness (QED) is 0.127. The van der Waals surface area contributed by atoms with E-state index >= 15 is 0 Å². The summed E-state index contributed by atoms with van der Waals surface area (Å²) in [5, 5.41) is 24.8. The molecule has 2 unspecified atom stereocenters. The number of fused-ring (bicyclic) bond motifs is 6. The number of benzene rings is 4. The van der Waals surface area contributed by atoms with Crippen LogP contribution in [0.3, 0.4) is 0 Å². The summed E-state index contributed by atoms with van der Waals surface area (Å²) in [5.74, 6) is -1.58. The molecule has 262 valence electrons. The van der Waals surface area contributed by atoms with Gasteiger partial charge in [0.1, 0.15) is 6.42 Å². The number of nitrogens with zero attached hydrogens (tertiary/aromatic N) is 2. The standard InChI is InChI=1S/C44H45ClN2O4/c1-43(2)36(46(26-24-38(48)49)34-20-16-28-10-5-7-14-32(28)40(34)43)22-18-30-12-9-13-31(42(30)45)19-23-37-44(3,4)41-33-15-8-6-11-29(33)17-21-35(41)47(37)27-25-39(50)51/h5-8,10-11,14-23,30,36H,9,12-13,24-27H2,1-4H3,(H-,48,49,50,51)/p+1. The van der Waals surface area contributed by atoms with E-state index in [1.807, 2.05) is 6.07 Å². The summed E-state index contributed by atoms with van der Waals surface area (Å²) in [7, 11) is 0. The first kappa shape index (κ1) is 34.8. The van der Waals surface area contributed by atoms with Gasteiger partial charge in [-0.3, -0.25) is 9.59 Å². The van der Waals surface area contributed by atoms with Crippen LogP contribution in [0.1, 0.15) is 70.9 Å². The summed E-state index contributed by atoms with van der Waals surface area (Å²) in [6, 6.07) is 25.3. The Morgan fingerprint density at radius 3 is 2.18 bits per heavy atom. The molecular formula is C44H46ClN2O4+. The van der Waals surface area contributed by atoms with E-state index in [1.54, 1.807) is 0 Å². The van der Waals surface area contributed by atoms with Crippen LogP contribution in [0.5, 0.6) is 0 Å². The Labute approximate surface area is 305 Å². The van der Waals surface area contributed by atoms with Gasteiger partial charge >= 0.3 is 11.9 Å². The zero-order valence-electron chi connectivity index (χ0n) is 29.8. The predicted octanol–water partition coefficient (Wildman–Crippen LogP) is 9.89. The predicted molar refractivity (Wildman–Crippen MR) is 208 cm³/mol. The monoisotopic (exact) mass is 701 g/mol. The Hall–Kier alpha value is -4.68. The molecule has 0 saturated carbocycles. The third kappa shape index (κ3) is 6.18. The largest absolute Gasteiger partial charge is 0.481 e. The Morgan fingerprint density at radius 2 is 1.49 bits per heavy atom. The Kier molecular flexibility index (Phi) is 9.17. The number of hydrogen-bond acceptors (Lipinski definition) is 3. The van der Waals surface area contributed by atoms with Crippen molar-refractivity contribution in [1.82, 2.24) is 0 Å². The molecule has 2 aliphatic heterocycles. The van der Waals surface area contributed by atoms with Crippen molar-refractivity contribution in [3.63, 3.8) is 0 Å². The molecule has 2 heterocycles. The summed E-state index contributed by atoms with van der Waals surface area (Å²) in [4.78, 5) is 25.7. The van der Waals surface area contributed by atoms with Crippen LogP contribution in [0, 0.1) is 5.92 Å². The lowest BCUT2D eigenvalue weighted by Gasteiger charge is -2.33. The van der Waals surface area contributed by atoms with Crippen molar-refractivity contribution in [3.05, 3.63) is 119 Å². The highest BCUT2D eigenvalue weighted by molar-refractivity contribution is 6.30. The molecule has 7 heteroatoms. The van der Waals surface area contributed by atoms with Crippen LogP contribution in [-0.4, -0.2) is 51.6 Å². The molecule has 3 aliphatic rings. The molecule has 4 aromatic rings. The van der Waals surface area contributed by atoms with E-state index in [0.717, 1.165) is 47.0 Å². The Bertz CT molecular complexity index is 2190. The SMILES string of the molecule is CC1(C)C(C=CC2=C(Cl)C(C=CC3N(CCC(=O)O)c4ccc5ccccc5c4C3(C)C)CCC2)=[N+](CCC(=O)O)c2ccc3ccccc3c21. The maximum Gasteiger partial charge on any atom is 0.309 e. The summed E-state index contributed by atoms with van der Waals surface area (Å²) in [6.07, 6.45) is 11.7. The summed E-state index contributed by atoms with van der Waals surface area (Å²) in [5.41, 5.74) is 6.19. The van der Waals surface area contributed by atoms with Crippen molar-refractivity contribution in [1.29, 1.82) is 0 Å². The fourth-order valence-corrected chi connectivity index (χ4v) is 9.27. The number of carboxylic acids is 2. The van der Waals surface area contributed by atoms with Crippen molar-refractivity contribution in [3.8, 4) is 0 Å². The second-order valence-electron chi connectivity index (χ2n) is 15.3. The van der Waals surface area contributed by atoms with Gasteiger partial charge in [-0.1, -0.05) is 98.3 Å². The molecule has 0 amide bonds. The maximum absolute atomic E-state index is 11.7. The highest BCUT2D eigenvalue weighted by Gasteiger charge is 2.46. The lowest BCUT2D eigenvalue weighted by atomic mass is 9.77. The van der Waals surface area contributed by atoms with E-state index in [-0.39, 0.29) is 35.6 Å². The van der Waals surface area contributed by atoms with Crippen LogP contribution < -0.4 is 4.90 Å². The summed E-state index contributed by atoms with van der Waals surface area (Å²) in [6.45, 7) is 9.78. The van der Waals surface area contributed by atoms with Gasteiger partial charge in [-0.25, -0.2) is 0 Å². The number of rotatable bonds is 10. The number of hydrogen-bond donors (Lipinski definition) is 2. The Morgan fingerprint density at radius 1 is 0.843 bits per heavy atom. The van der Waals surface area contributed by atoms with Gasteiger partial charge in [-0.05, 0) is 77.9 Å².